The van der Waals surface area contributed by atoms with Crippen molar-refractivity contribution >= 4 is 11.0 Å². The van der Waals surface area contributed by atoms with Crippen molar-refractivity contribution in [2.24, 2.45) is 0 Å². The SMILES string of the molecule is Cc1ccc2nc(-n3ccnc3)[nH][n+](=O)c2c1. The Bertz CT molecular complexity index is 729. The van der Waals surface area contributed by atoms with Crippen LogP contribution in [0.4, 0.5) is 0 Å². The van der Waals surface area contributed by atoms with Crippen LogP contribution >= 0.6 is 0 Å². The summed E-state index contributed by atoms with van der Waals surface area (Å²) < 4.78 is 2.36. The van der Waals surface area contributed by atoms with Gasteiger partial charge in [-0.1, -0.05) is 11.2 Å². The van der Waals surface area contributed by atoms with Crippen LogP contribution in [-0.4, -0.2) is 19.6 Å². The molecule has 0 aliphatic heterocycles. The molecule has 3 rings (SSSR count). The third-order valence-electron chi connectivity index (χ3n) is 2.53. The maximum absolute atomic E-state index is 11.8. The van der Waals surface area contributed by atoms with Gasteiger partial charge in [0.2, 0.25) is 0 Å². The maximum Gasteiger partial charge on any atom is 0.318 e. The molecule has 0 unspecified atom stereocenters. The number of imidazole rings is 1. The third kappa shape index (κ3) is 1.59. The fourth-order valence-electron chi connectivity index (χ4n) is 1.68. The second-order valence-electron chi connectivity index (χ2n) is 3.80. The highest BCUT2D eigenvalue weighted by molar-refractivity contribution is 5.71. The first-order chi connectivity index (χ1) is 8.24. The molecule has 84 valence electrons. The number of aromatic amines is 1. The van der Waals surface area contributed by atoms with Crippen molar-refractivity contribution in [3.8, 4) is 5.95 Å². The Morgan fingerprint density at radius 2 is 2.29 bits per heavy atom. The first-order valence-electron chi connectivity index (χ1n) is 5.15. The summed E-state index contributed by atoms with van der Waals surface area (Å²) in [6, 6.07) is 5.55. The molecule has 2 heterocycles. The van der Waals surface area contributed by atoms with Gasteiger partial charge in [0, 0.05) is 18.5 Å². The van der Waals surface area contributed by atoms with Crippen LogP contribution in [0, 0.1) is 11.8 Å². The van der Waals surface area contributed by atoms with Crippen molar-refractivity contribution in [1.82, 2.24) is 19.6 Å². The van der Waals surface area contributed by atoms with E-state index in [0.717, 1.165) is 5.56 Å². The van der Waals surface area contributed by atoms with Gasteiger partial charge in [0.25, 0.3) is 5.95 Å². The Balaban J connectivity index is 2.32. The minimum atomic E-state index is 0.439. The van der Waals surface area contributed by atoms with E-state index in [1.165, 1.54) is 0 Å². The number of nitrogens with one attached hydrogen (secondary N) is 1. The summed E-state index contributed by atoms with van der Waals surface area (Å²) in [4.78, 5) is 20.1. The van der Waals surface area contributed by atoms with Crippen LogP contribution in [0.3, 0.4) is 0 Å². The number of aromatic nitrogens is 5. The Hall–Kier alpha value is -2.50. The van der Waals surface area contributed by atoms with Gasteiger partial charge in [-0.25, -0.2) is 9.97 Å². The van der Waals surface area contributed by atoms with Gasteiger partial charge in [-0.2, -0.15) is 0 Å². The van der Waals surface area contributed by atoms with E-state index in [2.05, 4.69) is 15.1 Å². The Kier molecular flexibility index (Phi) is 2.01. The first-order valence-corrected chi connectivity index (χ1v) is 5.15. The predicted molar refractivity (Wildman–Crippen MR) is 61.3 cm³/mol. The van der Waals surface area contributed by atoms with Crippen molar-refractivity contribution in [2.45, 2.75) is 6.92 Å². The summed E-state index contributed by atoms with van der Waals surface area (Å²) in [6.45, 7) is 1.93. The number of fused-ring (bicyclic) bond motifs is 1. The zero-order valence-electron chi connectivity index (χ0n) is 9.16. The second kappa shape index (κ2) is 3.51. The molecule has 6 nitrogen and oxygen atoms in total. The topological polar surface area (TPSA) is 69.5 Å². The van der Waals surface area contributed by atoms with E-state index in [4.69, 9.17) is 0 Å². The van der Waals surface area contributed by atoms with Crippen molar-refractivity contribution in [3.63, 3.8) is 0 Å². The molecule has 1 N–H and O–H groups in total. The Labute approximate surface area is 96.2 Å². The van der Waals surface area contributed by atoms with E-state index in [-0.39, 0.29) is 0 Å². The van der Waals surface area contributed by atoms with Gasteiger partial charge in [-0.05, 0) is 18.6 Å². The summed E-state index contributed by atoms with van der Waals surface area (Å²) >= 11 is 0. The highest BCUT2D eigenvalue weighted by atomic mass is 16.3. The molecule has 0 saturated carbocycles. The smallest absolute Gasteiger partial charge is 0.272 e. The molecular weight excluding hydrogens is 218 g/mol. The molecular formula is C11H10N5O+. The van der Waals surface area contributed by atoms with E-state index >= 15 is 0 Å². The minimum Gasteiger partial charge on any atom is -0.272 e. The second-order valence-corrected chi connectivity index (χ2v) is 3.80. The molecule has 17 heavy (non-hydrogen) atoms. The van der Waals surface area contributed by atoms with Gasteiger partial charge in [-0.15, -0.1) is 0 Å². The van der Waals surface area contributed by atoms with Gasteiger partial charge < -0.3 is 0 Å². The normalized spacial score (nSPS) is 10.9. The van der Waals surface area contributed by atoms with Gasteiger partial charge in [0.15, 0.2) is 4.54 Å². The van der Waals surface area contributed by atoms with E-state index in [0.29, 0.717) is 21.5 Å². The average molecular weight is 228 g/mol. The molecule has 0 aliphatic carbocycles. The lowest BCUT2D eigenvalue weighted by Gasteiger charge is -1.97. The summed E-state index contributed by atoms with van der Waals surface area (Å²) in [6.07, 6.45) is 4.93. The Morgan fingerprint density at radius 1 is 1.41 bits per heavy atom. The summed E-state index contributed by atoms with van der Waals surface area (Å²) in [5.74, 6) is 0.439. The predicted octanol–water partition coefficient (Wildman–Crippen LogP) is 0.972. The van der Waals surface area contributed by atoms with E-state index in [1.54, 1.807) is 29.4 Å². The van der Waals surface area contributed by atoms with E-state index in [1.807, 2.05) is 19.1 Å². The molecule has 0 saturated heterocycles. The van der Waals surface area contributed by atoms with Crippen LogP contribution in [0.1, 0.15) is 5.56 Å². The zero-order chi connectivity index (χ0) is 11.8. The van der Waals surface area contributed by atoms with Crippen molar-refractivity contribution < 1.29 is 4.54 Å². The van der Waals surface area contributed by atoms with Crippen LogP contribution in [0.5, 0.6) is 0 Å². The zero-order valence-corrected chi connectivity index (χ0v) is 9.16. The number of rotatable bonds is 1. The number of benzene rings is 1. The lowest BCUT2D eigenvalue weighted by Crippen LogP contribution is -2.24. The van der Waals surface area contributed by atoms with Gasteiger partial charge in [0.05, 0.1) is 4.91 Å². The lowest BCUT2D eigenvalue weighted by molar-refractivity contribution is -0.536. The average Bonchev–Trinajstić information content (AvgIpc) is 2.83. The van der Waals surface area contributed by atoms with Crippen molar-refractivity contribution in [2.75, 3.05) is 0 Å². The van der Waals surface area contributed by atoms with Crippen LogP contribution in [0.25, 0.3) is 17.0 Å². The monoisotopic (exact) mass is 228 g/mol. The maximum atomic E-state index is 11.8. The van der Waals surface area contributed by atoms with Crippen LogP contribution in [-0.2, 0) is 0 Å². The summed E-state index contributed by atoms with van der Waals surface area (Å²) in [7, 11) is 0. The molecule has 6 heteroatoms. The van der Waals surface area contributed by atoms with Gasteiger partial charge in [0.1, 0.15) is 11.8 Å². The molecule has 0 atom stereocenters. The molecule has 0 spiro atoms. The van der Waals surface area contributed by atoms with Crippen molar-refractivity contribution in [1.29, 1.82) is 0 Å². The molecule has 0 radical (unpaired) electrons. The highest BCUT2D eigenvalue weighted by Crippen LogP contribution is 2.09. The highest BCUT2D eigenvalue weighted by Gasteiger charge is 2.12. The molecule has 1 aromatic carbocycles. The fourth-order valence-corrected chi connectivity index (χ4v) is 1.68. The summed E-state index contributed by atoms with van der Waals surface area (Å²) in [5.41, 5.74) is 2.19. The molecule has 0 bridgehead atoms. The number of nitrogens with zero attached hydrogens (tertiary/aromatic N) is 4. The fraction of sp³-hybridized carbons (Fsp3) is 0.0909. The standard InChI is InChI=1S/C11H10N5O/c1-8-2-3-9-10(6-8)16(17)14-11(13-9)15-5-4-12-7-15/h2-7H,1H3,(H,13,14,17)/q+1. The third-order valence-corrected chi connectivity index (χ3v) is 2.53. The van der Waals surface area contributed by atoms with Crippen LogP contribution in [0.2, 0.25) is 0 Å². The largest absolute Gasteiger partial charge is 0.318 e. The quantitative estimate of drug-likeness (QED) is 0.631. The molecule has 2 aromatic heterocycles. The summed E-state index contributed by atoms with van der Waals surface area (Å²) in [5, 5.41) is 2.65. The molecule has 0 fully saturated rings. The van der Waals surface area contributed by atoms with Gasteiger partial charge >= 0.3 is 5.52 Å². The number of aryl methyl sites for hydroxylation is 1. The van der Waals surface area contributed by atoms with E-state index in [9.17, 15) is 4.91 Å². The van der Waals surface area contributed by atoms with Crippen LogP contribution < -0.4 is 4.54 Å². The van der Waals surface area contributed by atoms with E-state index < -0.39 is 0 Å². The number of H-pyrrole nitrogens is 1. The Morgan fingerprint density at radius 3 is 3.06 bits per heavy atom. The van der Waals surface area contributed by atoms with Gasteiger partial charge in [-0.3, -0.25) is 4.57 Å². The molecule has 3 aromatic rings. The number of hydrogen-bond donors (Lipinski definition) is 1. The minimum absolute atomic E-state index is 0.439. The molecule has 0 amide bonds. The molecule has 0 aliphatic rings. The first kappa shape index (κ1) is 9.71. The lowest BCUT2D eigenvalue weighted by atomic mass is 10.2. The van der Waals surface area contributed by atoms with Crippen molar-refractivity contribution in [3.05, 3.63) is 47.4 Å². The van der Waals surface area contributed by atoms with Crippen LogP contribution in [0.15, 0.2) is 36.9 Å². The number of hydrogen-bond acceptors (Lipinski definition) is 3.